The fourth-order valence-electron chi connectivity index (χ4n) is 2.23. The molecule has 1 aromatic carbocycles. The van der Waals surface area contributed by atoms with Crippen LogP contribution in [0.2, 0.25) is 0 Å². The average Bonchev–Trinajstić information content (AvgIpc) is 2.88. The summed E-state index contributed by atoms with van der Waals surface area (Å²) in [4.78, 5) is 10.9. The van der Waals surface area contributed by atoms with E-state index in [9.17, 15) is 9.90 Å². The zero-order valence-electron chi connectivity index (χ0n) is 11.5. The van der Waals surface area contributed by atoms with Gasteiger partial charge in [0.1, 0.15) is 0 Å². The molecule has 1 atom stereocenters. The van der Waals surface area contributed by atoms with Crippen molar-refractivity contribution in [3.63, 3.8) is 0 Å². The smallest absolute Gasteiger partial charge is 0.307 e. The maximum atomic E-state index is 10.9. The molecule has 0 aliphatic rings. The summed E-state index contributed by atoms with van der Waals surface area (Å²) in [7, 11) is 0. The molecule has 2 aromatic rings. The number of aliphatic carboxylic acids is 1. The Balaban J connectivity index is 2.17. The van der Waals surface area contributed by atoms with Crippen LogP contribution in [-0.4, -0.2) is 20.7 Å². The normalized spacial score (nSPS) is 12.3. The van der Waals surface area contributed by atoms with Gasteiger partial charge in [-0.2, -0.15) is 0 Å². The molecule has 1 aromatic heterocycles. The van der Waals surface area contributed by atoms with Gasteiger partial charge in [-0.05, 0) is 29.2 Å². The van der Waals surface area contributed by atoms with Gasteiger partial charge in [-0.15, -0.1) is 0 Å². The summed E-state index contributed by atoms with van der Waals surface area (Å²) in [5.41, 5.74) is 2.71. The molecule has 0 saturated carbocycles. The highest BCUT2D eigenvalue weighted by Gasteiger charge is 2.09. The molecule has 2 rings (SSSR count). The number of hydrogen-bond acceptors (Lipinski definition) is 2. The quantitative estimate of drug-likeness (QED) is 0.850. The Kier molecular flexibility index (Phi) is 4.58. The number of carbonyl (C=O) groups is 1. The monoisotopic (exact) mass is 273 g/mol. The third-order valence-electron chi connectivity index (χ3n) is 3.36. The zero-order valence-corrected chi connectivity index (χ0v) is 11.5. The number of hydrogen-bond donors (Lipinski definition) is 2. The molecule has 0 aliphatic carbocycles. The predicted molar refractivity (Wildman–Crippen MR) is 76.6 cm³/mol. The Hall–Kier alpha value is -2.07. The van der Waals surface area contributed by atoms with E-state index in [4.69, 9.17) is 5.11 Å². The summed E-state index contributed by atoms with van der Waals surface area (Å²) in [5, 5.41) is 18.7. The summed E-state index contributed by atoms with van der Waals surface area (Å²) in [6, 6.07) is 9.44. The second kappa shape index (κ2) is 6.39. The molecule has 4 nitrogen and oxygen atoms in total. The molecule has 106 valence electrons. The van der Waals surface area contributed by atoms with E-state index in [0.717, 1.165) is 16.7 Å². The first-order valence-corrected chi connectivity index (χ1v) is 6.72. The minimum absolute atomic E-state index is 0.0296. The fourth-order valence-corrected chi connectivity index (χ4v) is 2.23. The number of nitrogens with zero attached hydrogens (tertiary/aromatic N) is 1. The van der Waals surface area contributed by atoms with Crippen LogP contribution in [-0.2, 0) is 17.8 Å². The molecule has 0 saturated heterocycles. The summed E-state index contributed by atoms with van der Waals surface area (Å²) < 4.78 is 1.97. The number of rotatable bonds is 6. The first-order chi connectivity index (χ1) is 9.60. The van der Waals surface area contributed by atoms with E-state index in [1.807, 2.05) is 54.2 Å². The van der Waals surface area contributed by atoms with E-state index < -0.39 is 12.1 Å². The molecule has 2 N–H and O–H groups in total. The van der Waals surface area contributed by atoms with Crippen LogP contribution in [0.5, 0.6) is 0 Å². The molecular weight excluding hydrogens is 254 g/mol. The van der Waals surface area contributed by atoms with Gasteiger partial charge in [-0.1, -0.05) is 31.2 Å². The topological polar surface area (TPSA) is 62.5 Å². The summed E-state index contributed by atoms with van der Waals surface area (Å²) in [6.07, 6.45) is 4.09. The van der Waals surface area contributed by atoms with Gasteiger partial charge in [0.2, 0.25) is 0 Å². The molecular formula is C16H19NO3. The molecule has 1 unspecified atom stereocenters. The summed E-state index contributed by atoms with van der Waals surface area (Å²) in [5.74, 6) is -0.827. The standard InChI is InChI=1S/C16H19NO3/c1-2-15(18)14-7-8-17(11-14)10-13-6-4-3-5-12(13)9-16(19)20/h3-8,11,15,18H,2,9-10H2,1H3,(H,19,20). The van der Waals surface area contributed by atoms with E-state index >= 15 is 0 Å². The van der Waals surface area contributed by atoms with Crippen molar-refractivity contribution in [2.24, 2.45) is 0 Å². The van der Waals surface area contributed by atoms with Gasteiger partial charge in [0.05, 0.1) is 12.5 Å². The van der Waals surface area contributed by atoms with E-state index in [2.05, 4.69) is 0 Å². The summed E-state index contributed by atoms with van der Waals surface area (Å²) >= 11 is 0. The van der Waals surface area contributed by atoms with Gasteiger partial charge in [0.25, 0.3) is 0 Å². The van der Waals surface area contributed by atoms with Crippen LogP contribution < -0.4 is 0 Å². The third-order valence-corrected chi connectivity index (χ3v) is 3.36. The van der Waals surface area contributed by atoms with E-state index in [1.165, 1.54) is 0 Å². The first kappa shape index (κ1) is 14.3. The number of carboxylic acid groups (broad SMARTS) is 1. The highest BCUT2D eigenvalue weighted by atomic mass is 16.4. The average molecular weight is 273 g/mol. The van der Waals surface area contributed by atoms with E-state index in [1.54, 1.807) is 0 Å². The van der Waals surface area contributed by atoms with Crippen LogP contribution in [0.4, 0.5) is 0 Å². The summed E-state index contributed by atoms with van der Waals surface area (Å²) in [6.45, 7) is 2.55. The minimum Gasteiger partial charge on any atom is -0.481 e. The Labute approximate surface area is 118 Å². The first-order valence-electron chi connectivity index (χ1n) is 6.72. The van der Waals surface area contributed by atoms with Gasteiger partial charge < -0.3 is 14.8 Å². The van der Waals surface area contributed by atoms with Crippen LogP contribution in [0.3, 0.4) is 0 Å². The van der Waals surface area contributed by atoms with Crippen molar-refractivity contribution < 1.29 is 15.0 Å². The van der Waals surface area contributed by atoms with Crippen molar-refractivity contribution in [2.45, 2.75) is 32.4 Å². The van der Waals surface area contributed by atoms with Gasteiger partial charge in [0.15, 0.2) is 0 Å². The number of carboxylic acids is 1. The van der Waals surface area contributed by atoms with E-state index in [0.29, 0.717) is 13.0 Å². The van der Waals surface area contributed by atoms with Crippen LogP contribution in [0.1, 0.15) is 36.1 Å². The van der Waals surface area contributed by atoms with Crippen LogP contribution in [0.15, 0.2) is 42.7 Å². The molecule has 0 radical (unpaired) electrons. The molecule has 4 heteroatoms. The molecule has 0 spiro atoms. The Bertz CT molecular complexity index is 589. The van der Waals surface area contributed by atoms with Crippen molar-refractivity contribution in [2.75, 3.05) is 0 Å². The molecule has 0 aliphatic heterocycles. The number of benzene rings is 1. The Morgan fingerprint density at radius 3 is 2.60 bits per heavy atom. The lowest BCUT2D eigenvalue weighted by molar-refractivity contribution is -0.136. The van der Waals surface area contributed by atoms with Crippen LogP contribution >= 0.6 is 0 Å². The number of aliphatic hydroxyl groups is 1. The predicted octanol–water partition coefficient (Wildman–Crippen LogP) is 2.61. The van der Waals surface area contributed by atoms with Gasteiger partial charge in [0, 0.05) is 18.9 Å². The zero-order chi connectivity index (χ0) is 14.5. The van der Waals surface area contributed by atoms with Crippen molar-refractivity contribution in [1.82, 2.24) is 4.57 Å². The fraction of sp³-hybridized carbons (Fsp3) is 0.312. The number of aromatic nitrogens is 1. The second-order valence-electron chi connectivity index (χ2n) is 4.88. The molecule has 0 amide bonds. The van der Waals surface area contributed by atoms with Crippen molar-refractivity contribution in [3.8, 4) is 0 Å². The van der Waals surface area contributed by atoms with E-state index in [-0.39, 0.29) is 6.42 Å². The van der Waals surface area contributed by atoms with Crippen molar-refractivity contribution in [1.29, 1.82) is 0 Å². The SMILES string of the molecule is CCC(O)c1ccn(Cc2ccccc2CC(=O)O)c1. The third kappa shape index (κ3) is 3.48. The Morgan fingerprint density at radius 2 is 1.95 bits per heavy atom. The molecule has 0 bridgehead atoms. The lowest BCUT2D eigenvalue weighted by atomic mass is 10.0. The maximum Gasteiger partial charge on any atom is 0.307 e. The van der Waals surface area contributed by atoms with Crippen molar-refractivity contribution in [3.05, 3.63) is 59.4 Å². The largest absolute Gasteiger partial charge is 0.481 e. The highest BCUT2D eigenvalue weighted by Crippen LogP contribution is 2.18. The van der Waals surface area contributed by atoms with Crippen molar-refractivity contribution >= 4 is 5.97 Å². The van der Waals surface area contributed by atoms with Gasteiger partial charge >= 0.3 is 5.97 Å². The second-order valence-corrected chi connectivity index (χ2v) is 4.88. The maximum absolute atomic E-state index is 10.9. The lowest BCUT2D eigenvalue weighted by Crippen LogP contribution is -2.06. The minimum atomic E-state index is -0.827. The highest BCUT2D eigenvalue weighted by molar-refractivity contribution is 5.70. The Morgan fingerprint density at radius 1 is 1.25 bits per heavy atom. The molecule has 1 heterocycles. The van der Waals surface area contributed by atoms with Crippen LogP contribution in [0.25, 0.3) is 0 Å². The molecule has 20 heavy (non-hydrogen) atoms. The lowest BCUT2D eigenvalue weighted by Gasteiger charge is -2.09. The van der Waals surface area contributed by atoms with Gasteiger partial charge in [-0.25, -0.2) is 0 Å². The molecule has 0 fully saturated rings. The number of aliphatic hydroxyl groups excluding tert-OH is 1. The van der Waals surface area contributed by atoms with Gasteiger partial charge in [-0.3, -0.25) is 4.79 Å². The van der Waals surface area contributed by atoms with Crippen LogP contribution in [0, 0.1) is 0 Å².